The maximum atomic E-state index is 11.1. The molecule has 7 nitrogen and oxygen atoms in total. The average molecular weight is 376 g/mol. The van der Waals surface area contributed by atoms with E-state index in [0.29, 0.717) is 13.0 Å². The van der Waals surface area contributed by atoms with E-state index in [2.05, 4.69) is 20.8 Å². The van der Waals surface area contributed by atoms with Crippen molar-refractivity contribution in [1.82, 2.24) is 14.8 Å². The lowest BCUT2D eigenvalue weighted by Crippen LogP contribution is -2.19. The summed E-state index contributed by atoms with van der Waals surface area (Å²) in [6, 6.07) is 7.98. The molecule has 1 aliphatic rings. The highest BCUT2D eigenvalue weighted by Crippen LogP contribution is 2.26. The summed E-state index contributed by atoms with van der Waals surface area (Å²) in [5, 5.41) is 9.45. The lowest BCUT2D eigenvalue weighted by atomic mass is 10.2. The highest BCUT2D eigenvalue weighted by atomic mass is 32.2. The molecule has 1 aromatic carbocycles. The van der Waals surface area contributed by atoms with Crippen LogP contribution in [-0.2, 0) is 28.2 Å². The van der Waals surface area contributed by atoms with Gasteiger partial charge in [0.15, 0.2) is 5.16 Å². The van der Waals surface area contributed by atoms with Gasteiger partial charge in [0.05, 0.1) is 19.8 Å². The van der Waals surface area contributed by atoms with Crippen LogP contribution in [0.4, 0.5) is 0 Å². The Bertz CT molecular complexity index is 744. The third-order valence-electron chi connectivity index (χ3n) is 4.30. The number of methoxy groups -OCH3 is 1. The highest BCUT2D eigenvalue weighted by Gasteiger charge is 2.21. The molecule has 1 saturated heterocycles. The molecule has 0 spiro atoms. The Labute approximate surface area is 157 Å². The smallest absolute Gasteiger partial charge is 0.217 e. The van der Waals surface area contributed by atoms with Crippen molar-refractivity contribution >= 4 is 17.7 Å². The molecule has 2 N–H and O–H groups in total. The van der Waals surface area contributed by atoms with E-state index in [1.165, 1.54) is 0 Å². The van der Waals surface area contributed by atoms with E-state index in [1.807, 2.05) is 18.2 Å². The Hall–Kier alpha value is -2.06. The number of rotatable bonds is 9. The van der Waals surface area contributed by atoms with Gasteiger partial charge in [-0.25, -0.2) is 0 Å². The molecule has 1 aromatic heterocycles. The number of aryl methyl sites for hydroxylation is 1. The molecule has 1 atom stereocenters. The summed E-state index contributed by atoms with van der Waals surface area (Å²) in [5.41, 5.74) is 6.44. The Morgan fingerprint density at radius 1 is 1.46 bits per heavy atom. The first-order valence-electron chi connectivity index (χ1n) is 8.73. The molecule has 140 valence electrons. The molecule has 26 heavy (non-hydrogen) atoms. The molecule has 2 heterocycles. The third-order valence-corrected chi connectivity index (χ3v) is 5.34. The number of thioether (sulfide) groups is 1. The van der Waals surface area contributed by atoms with Gasteiger partial charge in [0.2, 0.25) is 5.91 Å². The number of nitrogens with zero attached hydrogens (tertiary/aromatic N) is 3. The Balaban J connectivity index is 1.72. The summed E-state index contributed by atoms with van der Waals surface area (Å²) in [7, 11) is 1.66. The van der Waals surface area contributed by atoms with Crippen molar-refractivity contribution in [2.24, 2.45) is 5.73 Å². The van der Waals surface area contributed by atoms with Crippen molar-refractivity contribution < 1.29 is 14.3 Å². The van der Waals surface area contributed by atoms with Gasteiger partial charge in [-0.15, -0.1) is 10.2 Å². The SMILES string of the molecule is COc1cccc(CSc2nnc(CCC(N)=O)n2CC2CCCO2)c1. The molecule has 2 aromatic rings. The zero-order valence-corrected chi connectivity index (χ0v) is 15.7. The van der Waals surface area contributed by atoms with Gasteiger partial charge >= 0.3 is 0 Å². The number of carbonyl (C=O) groups excluding carboxylic acids is 1. The van der Waals surface area contributed by atoms with Gasteiger partial charge in [-0.1, -0.05) is 23.9 Å². The van der Waals surface area contributed by atoms with Crippen molar-refractivity contribution in [2.75, 3.05) is 13.7 Å². The van der Waals surface area contributed by atoms with Crippen LogP contribution in [0.15, 0.2) is 29.4 Å². The predicted molar refractivity (Wildman–Crippen MR) is 99.1 cm³/mol. The first kappa shape index (κ1) is 18.7. The highest BCUT2D eigenvalue weighted by molar-refractivity contribution is 7.98. The van der Waals surface area contributed by atoms with Gasteiger partial charge in [0.1, 0.15) is 11.6 Å². The monoisotopic (exact) mass is 376 g/mol. The Morgan fingerprint density at radius 3 is 3.08 bits per heavy atom. The molecule has 1 fully saturated rings. The lowest BCUT2D eigenvalue weighted by molar-refractivity contribution is -0.118. The van der Waals surface area contributed by atoms with Crippen LogP contribution in [0.3, 0.4) is 0 Å². The van der Waals surface area contributed by atoms with E-state index >= 15 is 0 Å². The van der Waals surface area contributed by atoms with E-state index in [-0.39, 0.29) is 18.4 Å². The summed E-state index contributed by atoms with van der Waals surface area (Å²) >= 11 is 1.62. The number of nitrogens with two attached hydrogens (primary N) is 1. The fourth-order valence-electron chi connectivity index (χ4n) is 2.93. The molecule has 0 aliphatic carbocycles. The fraction of sp³-hybridized carbons (Fsp3) is 0.500. The van der Waals surface area contributed by atoms with Gasteiger partial charge in [-0.2, -0.15) is 0 Å². The minimum Gasteiger partial charge on any atom is -0.497 e. The molecule has 8 heteroatoms. The normalized spacial score (nSPS) is 16.7. The van der Waals surface area contributed by atoms with Crippen molar-refractivity contribution in [2.45, 2.75) is 49.2 Å². The molecular weight excluding hydrogens is 352 g/mol. The van der Waals surface area contributed by atoms with Crippen molar-refractivity contribution in [1.29, 1.82) is 0 Å². The topological polar surface area (TPSA) is 92.3 Å². The summed E-state index contributed by atoms with van der Waals surface area (Å²) in [6.07, 6.45) is 3.05. The van der Waals surface area contributed by atoms with Crippen LogP contribution < -0.4 is 10.5 Å². The summed E-state index contributed by atoms with van der Waals surface area (Å²) in [4.78, 5) is 11.1. The minimum atomic E-state index is -0.331. The number of hydrogen-bond donors (Lipinski definition) is 1. The summed E-state index contributed by atoms with van der Waals surface area (Å²) < 4.78 is 13.1. The minimum absolute atomic E-state index is 0.175. The number of aromatic nitrogens is 3. The van der Waals surface area contributed by atoms with Crippen molar-refractivity contribution in [3.63, 3.8) is 0 Å². The average Bonchev–Trinajstić information content (AvgIpc) is 3.29. The van der Waals surface area contributed by atoms with Crippen LogP contribution in [0.2, 0.25) is 0 Å². The Morgan fingerprint density at radius 2 is 2.35 bits per heavy atom. The zero-order chi connectivity index (χ0) is 18.4. The number of carbonyl (C=O) groups is 1. The molecular formula is C18H24N4O3S. The molecule has 0 radical (unpaired) electrons. The number of primary amides is 1. The van der Waals surface area contributed by atoms with E-state index < -0.39 is 0 Å². The zero-order valence-electron chi connectivity index (χ0n) is 14.9. The first-order valence-corrected chi connectivity index (χ1v) is 9.72. The van der Waals surface area contributed by atoms with Gasteiger partial charge in [-0.3, -0.25) is 4.79 Å². The molecule has 0 bridgehead atoms. The van der Waals surface area contributed by atoms with E-state index in [1.54, 1.807) is 18.9 Å². The van der Waals surface area contributed by atoms with Gasteiger partial charge in [-0.05, 0) is 30.5 Å². The van der Waals surface area contributed by atoms with Crippen LogP contribution in [0.5, 0.6) is 5.75 Å². The number of amides is 1. The standard InChI is InChI=1S/C18H24N4O3S/c1-24-14-5-2-4-13(10-14)12-26-18-21-20-17(8-7-16(19)23)22(18)11-15-6-3-9-25-15/h2,4-5,10,15H,3,6-9,11-12H2,1H3,(H2,19,23). The summed E-state index contributed by atoms with van der Waals surface area (Å²) in [6.45, 7) is 1.51. The largest absolute Gasteiger partial charge is 0.497 e. The lowest BCUT2D eigenvalue weighted by Gasteiger charge is -2.14. The van der Waals surface area contributed by atoms with Crippen LogP contribution in [0.25, 0.3) is 0 Å². The maximum absolute atomic E-state index is 11.1. The molecule has 0 saturated carbocycles. The van der Waals surface area contributed by atoms with Crippen LogP contribution in [0, 0.1) is 0 Å². The van der Waals surface area contributed by atoms with Crippen molar-refractivity contribution in [3.8, 4) is 5.75 Å². The first-order chi connectivity index (χ1) is 12.7. The van der Waals surface area contributed by atoms with Crippen LogP contribution >= 0.6 is 11.8 Å². The quantitative estimate of drug-likeness (QED) is 0.675. The second-order valence-corrected chi connectivity index (χ2v) is 7.19. The summed E-state index contributed by atoms with van der Waals surface area (Å²) in [5.74, 6) is 2.05. The Kier molecular flexibility index (Phi) is 6.51. The molecule has 1 unspecified atom stereocenters. The van der Waals surface area contributed by atoms with E-state index in [9.17, 15) is 4.79 Å². The molecule has 1 amide bonds. The maximum Gasteiger partial charge on any atom is 0.217 e. The van der Waals surface area contributed by atoms with Crippen LogP contribution in [0.1, 0.15) is 30.7 Å². The van der Waals surface area contributed by atoms with E-state index in [0.717, 1.165) is 47.5 Å². The predicted octanol–water partition coefficient (Wildman–Crippen LogP) is 2.18. The molecule has 3 rings (SSSR count). The number of ether oxygens (including phenoxy) is 2. The number of benzene rings is 1. The fourth-order valence-corrected chi connectivity index (χ4v) is 3.84. The van der Waals surface area contributed by atoms with Gasteiger partial charge in [0, 0.05) is 25.2 Å². The van der Waals surface area contributed by atoms with Crippen LogP contribution in [-0.4, -0.2) is 40.5 Å². The molecule has 1 aliphatic heterocycles. The van der Waals surface area contributed by atoms with Gasteiger partial charge < -0.3 is 19.8 Å². The van der Waals surface area contributed by atoms with Crippen molar-refractivity contribution in [3.05, 3.63) is 35.7 Å². The second-order valence-electron chi connectivity index (χ2n) is 6.25. The van der Waals surface area contributed by atoms with E-state index in [4.69, 9.17) is 15.2 Å². The number of hydrogen-bond acceptors (Lipinski definition) is 6. The van der Waals surface area contributed by atoms with Gasteiger partial charge in [0.25, 0.3) is 0 Å². The third kappa shape index (κ3) is 4.98. The second kappa shape index (κ2) is 9.05.